The molecule has 0 spiro atoms. The Morgan fingerprint density at radius 3 is 0.600 bits per heavy atom. The molecule has 0 atom stereocenters. The van der Waals surface area contributed by atoms with Crippen LogP contribution in [0.3, 0.4) is 0 Å². The second-order valence-electron chi connectivity index (χ2n) is 0. The Hall–Kier alpha value is 1.83. The molecule has 0 saturated heterocycles. The van der Waals surface area contributed by atoms with Gasteiger partial charge in [-0.3, -0.25) is 0 Å². The van der Waals surface area contributed by atoms with Gasteiger partial charge in [0, 0.05) is 21.1 Å². The molecule has 5 heteroatoms. The summed E-state index contributed by atoms with van der Waals surface area (Å²) in [5.41, 5.74) is 0. The van der Waals surface area contributed by atoms with Crippen LogP contribution in [-0.4, -0.2) is 37.7 Å². The van der Waals surface area contributed by atoms with Gasteiger partial charge in [-0.15, -0.1) is 0 Å². The molecule has 3 nitrogen and oxygen atoms in total. The zero-order valence-electron chi connectivity index (χ0n) is 2.34. The summed E-state index contributed by atoms with van der Waals surface area (Å²) in [6, 6.07) is 0. The van der Waals surface area contributed by atoms with Gasteiger partial charge in [-0.2, -0.15) is 0 Å². The summed E-state index contributed by atoms with van der Waals surface area (Å²) in [5, 5.41) is 0. The second kappa shape index (κ2) is 40.7. The fourth-order valence-electron chi connectivity index (χ4n) is 0. The smallest absolute Gasteiger partial charge is 2.00 e. The standard InChI is InChI=1S/Ca.3O.W/q+2;3*-2;. The first-order chi connectivity index (χ1) is 0. The van der Waals surface area contributed by atoms with Crippen LogP contribution in [0, 0.1) is 0 Å². The molecule has 0 aromatic rings. The van der Waals surface area contributed by atoms with Gasteiger partial charge in [0.1, 0.15) is 0 Å². The van der Waals surface area contributed by atoms with E-state index in [1.807, 2.05) is 0 Å². The van der Waals surface area contributed by atoms with Gasteiger partial charge >= 0.3 is 37.7 Å². The van der Waals surface area contributed by atoms with E-state index in [1.165, 1.54) is 0 Å². The molecule has 0 N–H and O–H groups in total. The number of hydrogen-bond donors (Lipinski definition) is 0. The van der Waals surface area contributed by atoms with E-state index in [-0.39, 0.29) is 75.2 Å². The molecule has 0 bridgehead atoms. The molecule has 30 valence electrons. The van der Waals surface area contributed by atoms with E-state index < -0.39 is 0 Å². The molecule has 0 unspecified atom stereocenters. The fourth-order valence-corrected chi connectivity index (χ4v) is 0. The van der Waals surface area contributed by atoms with Crippen LogP contribution in [-0.2, 0) is 37.5 Å². The van der Waals surface area contributed by atoms with Crippen molar-refractivity contribution in [3.05, 3.63) is 0 Å². The Bertz CT molecular complexity index is 6.85. The monoisotopic (exact) mass is 272 g/mol. The van der Waals surface area contributed by atoms with E-state index in [0.717, 1.165) is 0 Å². The fraction of sp³-hybridized carbons (Fsp3) is 0. The van der Waals surface area contributed by atoms with Crippen LogP contribution < -0.4 is 0 Å². The van der Waals surface area contributed by atoms with Crippen molar-refractivity contribution < 1.29 is 37.5 Å². The van der Waals surface area contributed by atoms with Crippen LogP contribution in [0.1, 0.15) is 0 Å². The van der Waals surface area contributed by atoms with Gasteiger partial charge in [0.25, 0.3) is 0 Å². The topological polar surface area (TPSA) is 85.5 Å². The van der Waals surface area contributed by atoms with Gasteiger partial charge in [-0.25, -0.2) is 0 Å². The number of hydrogen-bond acceptors (Lipinski definition) is 0. The van der Waals surface area contributed by atoms with Crippen molar-refractivity contribution in [1.29, 1.82) is 0 Å². The zero-order chi connectivity index (χ0) is 0. The van der Waals surface area contributed by atoms with E-state index >= 15 is 0 Å². The minimum Gasteiger partial charge on any atom is -2.00 e. The summed E-state index contributed by atoms with van der Waals surface area (Å²) in [6.45, 7) is 0. The molecule has 0 fully saturated rings. The van der Waals surface area contributed by atoms with Crippen molar-refractivity contribution in [3.8, 4) is 0 Å². The van der Waals surface area contributed by atoms with Crippen LogP contribution >= 0.6 is 0 Å². The molecule has 0 radical (unpaired) electrons. The summed E-state index contributed by atoms with van der Waals surface area (Å²) < 4.78 is 0. The van der Waals surface area contributed by atoms with Crippen molar-refractivity contribution in [2.45, 2.75) is 0 Å². The molecule has 0 amide bonds. The third-order valence-corrected chi connectivity index (χ3v) is 0. The normalized spacial score (nSPS) is 0. The predicted octanol–water partition coefficient (Wildman–Crippen LogP) is -0.740. The van der Waals surface area contributed by atoms with Crippen LogP contribution in [0.15, 0.2) is 0 Å². The molecule has 0 heterocycles. The Morgan fingerprint density at radius 1 is 0.600 bits per heavy atom. The third-order valence-electron chi connectivity index (χ3n) is 0. The van der Waals surface area contributed by atoms with Crippen LogP contribution in [0.2, 0.25) is 0 Å². The quantitative estimate of drug-likeness (QED) is 0.520. The van der Waals surface area contributed by atoms with Gasteiger partial charge in [0.05, 0.1) is 0 Å². The van der Waals surface area contributed by atoms with E-state index in [0.29, 0.717) is 0 Å². The summed E-state index contributed by atoms with van der Waals surface area (Å²) >= 11 is 0. The summed E-state index contributed by atoms with van der Waals surface area (Å²) in [4.78, 5) is 0. The minimum atomic E-state index is 0. The largest absolute Gasteiger partial charge is 2.00 e. The Kier molecular flexibility index (Phi) is 564. The molecule has 5 heavy (non-hydrogen) atoms. The van der Waals surface area contributed by atoms with Crippen molar-refractivity contribution >= 4 is 37.7 Å². The van der Waals surface area contributed by atoms with E-state index in [1.54, 1.807) is 0 Å². The molecule has 0 aliphatic rings. The third kappa shape index (κ3) is 25.6. The number of rotatable bonds is 0. The molecular weight excluding hydrogens is 272 g/mol. The van der Waals surface area contributed by atoms with E-state index in [9.17, 15) is 0 Å². The van der Waals surface area contributed by atoms with E-state index in [4.69, 9.17) is 0 Å². The molecule has 0 aliphatic heterocycles. The Morgan fingerprint density at radius 2 is 0.600 bits per heavy atom. The predicted molar refractivity (Wildman–Crippen MR) is 7.81 cm³/mol. The van der Waals surface area contributed by atoms with Crippen LogP contribution in [0.4, 0.5) is 0 Å². The molecule has 0 rings (SSSR count). The molecular formula is CaO3W-4. The first-order valence-corrected chi connectivity index (χ1v) is 0. The first kappa shape index (κ1) is 69.4. The molecule has 0 aromatic heterocycles. The van der Waals surface area contributed by atoms with Gasteiger partial charge in [-0.1, -0.05) is 0 Å². The average molecular weight is 272 g/mol. The maximum Gasteiger partial charge on any atom is 2.00 e. The molecule has 0 aliphatic carbocycles. The van der Waals surface area contributed by atoms with Crippen LogP contribution in [0.25, 0.3) is 0 Å². The second-order valence-corrected chi connectivity index (χ2v) is 0. The maximum absolute atomic E-state index is 0. The van der Waals surface area contributed by atoms with Crippen molar-refractivity contribution in [1.82, 2.24) is 0 Å². The summed E-state index contributed by atoms with van der Waals surface area (Å²) in [6.07, 6.45) is 0. The summed E-state index contributed by atoms with van der Waals surface area (Å²) in [5.74, 6) is 0. The zero-order valence-corrected chi connectivity index (χ0v) is 7.48. The van der Waals surface area contributed by atoms with Crippen molar-refractivity contribution in [3.63, 3.8) is 0 Å². The SMILES string of the molecule is [Ca+2].[O-2].[O-2].[O-2].[W]. The Balaban J connectivity index is 0. The van der Waals surface area contributed by atoms with Crippen molar-refractivity contribution in [2.24, 2.45) is 0 Å². The van der Waals surface area contributed by atoms with Crippen LogP contribution in [0.5, 0.6) is 0 Å². The van der Waals surface area contributed by atoms with Crippen molar-refractivity contribution in [2.75, 3.05) is 0 Å². The molecule has 0 aromatic carbocycles. The minimum absolute atomic E-state index is 0. The van der Waals surface area contributed by atoms with Gasteiger partial charge < -0.3 is 16.4 Å². The maximum atomic E-state index is 0. The van der Waals surface area contributed by atoms with Gasteiger partial charge in [0.2, 0.25) is 0 Å². The average Bonchev–Trinajstić information content (AvgIpc) is 0. The van der Waals surface area contributed by atoms with E-state index in [2.05, 4.69) is 0 Å². The van der Waals surface area contributed by atoms with Gasteiger partial charge in [-0.05, 0) is 0 Å². The van der Waals surface area contributed by atoms with Gasteiger partial charge in [0.15, 0.2) is 0 Å². The molecule has 0 saturated carbocycles. The first-order valence-electron chi connectivity index (χ1n) is 0. The Labute approximate surface area is 74.3 Å². The summed E-state index contributed by atoms with van der Waals surface area (Å²) in [7, 11) is 0.